The van der Waals surface area contributed by atoms with Gasteiger partial charge in [-0.3, -0.25) is 9.67 Å². The number of guanidine groups is 1. The van der Waals surface area contributed by atoms with Gasteiger partial charge < -0.3 is 15.5 Å². The van der Waals surface area contributed by atoms with Gasteiger partial charge >= 0.3 is 0 Å². The number of aryl methyl sites for hydroxylation is 1. The molecular weight excluding hydrogens is 417 g/mol. The van der Waals surface area contributed by atoms with Crippen molar-refractivity contribution in [3.63, 3.8) is 0 Å². The van der Waals surface area contributed by atoms with E-state index in [9.17, 15) is 0 Å². The zero-order valence-corrected chi connectivity index (χ0v) is 17.7. The molecule has 1 unspecified atom stereocenters. The number of nitrogens with zero attached hydrogens (tertiary/aromatic N) is 5. The summed E-state index contributed by atoms with van der Waals surface area (Å²) in [7, 11) is 8.05. The quantitative estimate of drug-likeness (QED) is 0.393. The van der Waals surface area contributed by atoms with Crippen LogP contribution in [0.1, 0.15) is 37.9 Å². The molecule has 0 amide bonds. The van der Waals surface area contributed by atoms with Gasteiger partial charge in [0.15, 0.2) is 5.96 Å². The monoisotopic (exact) mass is 449 g/mol. The second kappa shape index (κ2) is 10.9. The first-order chi connectivity index (χ1) is 11.1. The highest BCUT2D eigenvalue weighted by Crippen LogP contribution is 2.27. The summed E-state index contributed by atoms with van der Waals surface area (Å²) in [5, 5.41) is 10.9. The van der Waals surface area contributed by atoms with E-state index in [1.807, 2.05) is 7.05 Å². The molecule has 1 aliphatic carbocycles. The summed E-state index contributed by atoms with van der Waals surface area (Å²) in [5.74, 6) is 2.49. The second-order valence-corrected chi connectivity index (χ2v) is 6.54. The van der Waals surface area contributed by atoms with Gasteiger partial charge in [-0.15, -0.1) is 24.0 Å². The molecule has 138 valence electrons. The number of hydrogen-bond acceptors (Lipinski definition) is 4. The molecule has 1 aromatic rings. The van der Waals surface area contributed by atoms with Crippen molar-refractivity contribution in [2.24, 2.45) is 18.0 Å². The van der Waals surface area contributed by atoms with Crippen LogP contribution in [-0.4, -0.2) is 59.4 Å². The van der Waals surface area contributed by atoms with E-state index in [0.717, 1.165) is 24.2 Å². The molecule has 24 heavy (non-hydrogen) atoms. The maximum Gasteiger partial charge on any atom is 0.191 e. The predicted molar refractivity (Wildman–Crippen MR) is 109 cm³/mol. The zero-order chi connectivity index (χ0) is 16.7. The van der Waals surface area contributed by atoms with Crippen LogP contribution >= 0.6 is 24.0 Å². The number of rotatable bonds is 6. The molecule has 1 fully saturated rings. The first kappa shape index (κ1) is 21.1. The fourth-order valence-electron chi connectivity index (χ4n) is 3.35. The Hall–Kier alpha value is -0.900. The van der Waals surface area contributed by atoms with Gasteiger partial charge in [-0.1, -0.05) is 19.3 Å². The lowest BCUT2D eigenvalue weighted by Gasteiger charge is -2.35. The Kier molecular flexibility index (Phi) is 9.57. The molecule has 2 N–H and O–H groups in total. The minimum Gasteiger partial charge on any atom is -0.355 e. The van der Waals surface area contributed by atoms with E-state index in [0.29, 0.717) is 12.6 Å². The van der Waals surface area contributed by atoms with Crippen molar-refractivity contribution < 1.29 is 0 Å². The van der Waals surface area contributed by atoms with Crippen LogP contribution < -0.4 is 10.6 Å². The van der Waals surface area contributed by atoms with E-state index in [1.165, 1.54) is 32.1 Å². The number of likely N-dealkylation sites (N-methyl/N-ethyl adjacent to an activating group) is 1. The molecular formula is C16H32IN7. The van der Waals surface area contributed by atoms with Gasteiger partial charge in [0.25, 0.3) is 0 Å². The highest BCUT2D eigenvalue weighted by molar-refractivity contribution is 14.0. The molecule has 2 rings (SSSR count). The van der Waals surface area contributed by atoms with Gasteiger partial charge in [0.05, 0.1) is 6.54 Å². The van der Waals surface area contributed by atoms with Gasteiger partial charge in [-0.25, -0.2) is 4.98 Å². The van der Waals surface area contributed by atoms with Gasteiger partial charge in [-0.05, 0) is 32.9 Å². The average molecular weight is 449 g/mol. The summed E-state index contributed by atoms with van der Waals surface area (Å²) < 4.78 is 1.77. The van der Waals surface area contributed by atoms with Gasteiger partial charge in [0.2, 0.25) is 0 Å². The molecule has 0 aliphatic heterocycles. The lowest BCUT2D eigenvalue weighted by Crippen LogP contribution is -2.48. The maximum atomic E-state index is 4.31. The highest BCUT2D eigenvalue weighted by Gasteiger charge is 2.25. The first-order valence-corrected chi connectivity index (χ1v) is 8.55. The maximum absolute atomic E-state index is 4.31. The van der Waals surface area contributed by atoms with E-state index < -0.39 is 0 Å². The Morgan fingerprint density at radius 2 is 2.04 bits per heavy atom. The van der Waals surface area contributed by atoms with E-state index in [-0.39, 0.29) is 24.0 Å². The molecule has 0 saturated heterocycles. The van der Waals surface area contributed by atoms with Crippen molar-refractivity contribution in [3.05, 3.63) is 12.2 Å². The Morgan fingerprint density at radius 3 is 2.58 bits per heavy atom. The Labute approximate surface area is 162 Å². The summed E-state index contributed by atoms with van der Waals surface area (Å²) in [6, 6.07) is 0.545. The number of nitrogens with one attached hydrogen (secondary N) is 2. The third kappa shape index (κ3) is 6.19. The fraction of sp³-hybridized carbons (Fsp3) is 0.812. The van der Waals surface area contributed by atoms with Crippen molar-refractivity contribution in [2.45, 2.75) is 44.7 Å². The molecule has 0 aromatic carbocycles. The number of aliphatic imine (C=N–C) groups is 1. The molecule has 1 aliphatic rings. The van der Waals surface area contributed by atoms with Gasteiger partial charge in [0.1, 0.15) is 12.2 Å². The van der Waals surface area contributed by atoms with Crippen molar-refractivity contribution in [2.75, 3.05) is 27.7 Å². The Morgan fingerprint density at radius 1 is 1.33 bits per heavy atom. The normalized spacial score (nSPS) is 17.5. The van der Waals surface area contributed by atoms with E-state index in [2.05, 4.69) is 44.7 Å². The fourth-order valence-corrected chi connectivity index (χ4v) is 3.35. The lowest BCUT2D eigenvalue weighted by molar-refractivity contribution is 0.171. The van der Waals surface area contributed by atoms with Crippen LogP contribution in [0.25, 0.3) is 0 Å². The smallest absolute Gasteiger partial charge is 0.191 e. The van der Waals surface area contributed by atoms with E-state index in [1.54, 1.807) is 18.1 Å². The summed E-state index contributed by atoms with van der Waals surface area (Å²) in [5.41, 5.74) is 0. The van der Waals surface area contributed by atoms with Crippen LogP contribution in [-0.2, 0) is 13.6 Å². The molecule has 1 heterocycles. The second-order valence-electron chi connectivity index (χ2n) is 6.54. The zero-order valence-electron chi connectivity index (χ0n) is 15.3. The van der Waals surface area contributed by atoms with Crippen LogP contribution in [0.2, 0.25) is 0 Å². The summed E-state index contributed by atoms with van der Waals surface area (Å²) in [4.78, 5) is 10.9. The predicted octanol–water partition coefficient (Wildman–Crippen LogP) is 1.61. The molecule has 1 atom stereocenters. The molecule has 8 heteroatoms. The summed E-state index contributed by atoms with van der Waals surface area (Å²) in [6.45, 7) is 1.53. The average Bonchev–Trinajstić information content (AvgIpc) is 2.96. The number of halogens is 1. The standard InChI is InChI=1S/C16H31N7.HI/c1-17-16(19-11-15-20-12-21-23(15)4)18-10-14(22(2)3)13-8-6-5-7-9-13;/h12-14H,5-11H2,1-4H3,(H2,17,18,19);1H. The SMILES string of the molecule is CN=C(NCc1ncnn1C)NCC(C1CCCCC1)N(C)C.I. The molecule has 1 aromatic heterocycles. The number of hydrogen-bond donors (Lipinski definition) is 2. The summed E-state index contributed by atoms with van der Waals surface area (Å²) >= 11 is 0. The van der Waals surface area contributed by atoms with Crippen LogP contribution in [0.15, 0.2) is 11.3 Å². The van der Waals surface area contributed by atoms with Crippen LogP contribution in [0.5, 0.6) is 0 Å². The first-order valence-electron chi connectivity index (χ1n) is 8.55. The lowest BCUT2D eigenvalue weighted by atomic mass is 9.83. The minimum absolute atomic E-state index is 0. The van der Waals surface area contributed by atoms with Crippen LogP contribution in [0.4, 0.5) is 0 Å². The number of aromatic nitrogens is 3. The van der Waals surface area contributed by atoms with Crippen molar-refractivity contribution in [1.82, 2.24) is 30.3 Å². The Bertz CT molecular complexity index is 494. The highest BCUT2D eigenvalue weighted by atomic mass is 127. The molecule has 1 saturated carbocycles. The largest absolute Gasteiger partial charge is 0.355 e. The van der Waals surface area contributed by atoms with Crippen molar-refractivity contribution >= 4 is 29.9 Å². The van der Waals surface area contributed by atoms with Gasteiger partial charge in [-0.2, -0.15) is 5.10 Å². The van der Waals surface area contributed by atoms with Crippen molar-refractivity contribution in [1.29, 1.82) is 0 Å². The molecule has 0 radical (unpaired) electrons. The molecule has 0 spiro atoms. The third-order valence-corrected chi connectivity index (χ3v) is 4.78. The summed E-state index contributed by atoms with van der Waals surface area (Å²) in [6.07, 6.45) is 8.39. The van der Waals surface area contributed by atoms with E-state index in [4.69, 9.17) is 0 Å². The minimum atomic E-state index is 0. The van der Waals surface area contributed by atoms with Crippen LogP contribution in [0, 0.1) is 5.92 Å². The topological polar surface area (TPSA) is 70.4 Å². The van der Waals surface area contributed by atoms with E-state index >= 15 is 0 Å². The molecule has 0 bridgehead atoms. The third-order valence-electron chi connectivity index (χ3n) is 4.78. The van der Waals surface area contributed by atoms with Crippen molar-refractivity contribution in [3.8, 4) is 0 Å². The van der Waals surface area contributed by atoms with Crippen LogP contribution in [0.3, 0.4) is 0 Å². The molecule has 7 nitrogen and oxygen atoms in total. The Balaban J connectivity index is 0.00000288. The van der Waals surface area contributed by atoms with Gasteiger partial charge in [0, 0.05) is 26.7 Å².